The molecule has 4 rings (SSSR count). The largest absolute Gasteiger partial charge is 0.352 e. The Balaban J connectivity index is 1.47. The van der Waals surface area contributed by atoms with E-state index in [-0.39, 0.29) is 23.3 Å². The Morgan fingerprint density at radius 3 is 2.57 bits per heavy atom. The summed E-state index contributed by atoms with van der Waals surface area (Å²) in [6, 6.07) is 20.2. The first-order valence-corrected chi connectivity index (χ1v) is 11.8. The lowest BCUT2D eigenvalue weighted by atomic mass is 9.99. The zero-order valence-electron chi connectivity index (χ0n) is 16.4. The van der Waals surface area contributed by atoms with Gasteiger partial charge in [0.15, 0.2) is 0 Å². The number of hydrogen-bond donors (Lipinski definition) is 1. The highest BCUT2D eigenvalue weighted by Gasteiger charge is 2.33. The van der Waals surface area contributed by atoms with Crippen LogP contribution in [0.2, 0.25) is 5.02 Å². The number of sulfonamides is 1. The van der Waals surface area contributed by atoms with Crippen molar-refractivity contribution in [3.05, 3.63) is 77.3 Å². The van der Waals surface area contributed by atoms with Crippen molar-refractivity contribution in [2.45, 2.75) is 24.3 Å². The first-order chi connectivity index (χ1) is 14.4. The first kappa shape index (κ1) is 20.8. The molecule has 0 spiro atoms. The van der Waals surface area contributed by atoms with Gasteiger partial charge < -0.3 is 5.32 Å². The van der Waals surface area contributed by atoms with Crippen molar-refractivity contribution in [2.75, 3.05) is 13.1 Å². The lowest BCUT2D eigenvalue weighted by molar-refractivity contribution is -0.126. The molecule has 3 aromatic carbocycles. The Kier molecular flexibility index (Phi) is 6.09. The second-order valence-corrected chi connectivity index (χ2v) is 9.87. The summed E-state index contributed by atoms with van der Waals surface area (Å²) in [6.07, 6.45) is 1.31. The van der Waals surface area contributed by atoms with Crippen LogP contribution in [-0.4, -0.2) is 31.7 Å². The Morgan fingerprint density at radius 1 is 1.03 bits per heavy atom. The molecule has 0 radical (unpaired) electrons. The Morgan fingerprint density at radius 2 is 1.77 bits per heavy atom. The van der Waals surface area contributed by atoms with Crippen LogP contribution in [0.5, 0.6) is 0 Å². The first-order valence-electron chi connectivity index (χ1n) is 9.95. The van der Waals surface area contributed by atoms with E-state index >= 15 is 0 Å². The highest BCUT2D eigenvalue weighted by Crippen LogP contribution is 2.26. The molecule has 1 fully saturated rings. The smallest absolute Gasteiger partial charge is 0.243 e. The Hall–Kier alpha value is -2.41. The molecule has 7 heteroatoms. The maximum absolute atomic E-state index is 13.2. The van der Waals surface area contributed by atoms with Crippen LogP contribution in [0, 0.1) is 5.92 Å². The number of amides is 1. The summed E-state index contributed by atoms with van der Waals surface area (Å²) < 4.78 is 27.8. The van der Waals surface area contributed by atoms with E-state index in [1.54, 1.807) is 18.2 Å². The topological polar surface area (TPSA) is 66.5 Å². The minimum atomic E-state index is -3.66. The van der Waals surface area contributed by atoms with Crippen LogP contribution in [0.3, 0.4) is 0 Å². The normalized spacial score (nSPS) is 17.7. The summed E-state index contributed by atoms with van der Waals surface area (Å²) in [4.78, 5) is 13.0. The molecule has 3 aromatic rings. The van der Waals surface area contributed by atoms with Crippen LogP contribution in [0.4, 0.5) is 0 Å². The SMILES string of the molecule is O=C(NCc1ccccc1Cl)[C@@H]1CCCN(S(=O)(=O)c2ccc3ccccc3c2)C1. The van der Waals surface area contributed by atoms with Gasteiger partial charge in [-0.25, -0.2) is 8.42 Å². The molecule has 5 nitrogen and oxygen atoms in total. The summed E-state index contributed by atoms with van der Waals surface area (Å²) in [5, 5.41) is 5.37. The highest BCUT2D eigenvalue weighted by atomic mass is 35.5. The number of benzene rings is 3. The predicted octanol–water partition coefficient (Wildman–Crippen LogP) is 4.21. The van der Waals surface area contributed by atoms with E-state index in [4.69, 9.17) is 11.6 Å². The summed E-state index contributed by atoms with van der Waals surface area (Å²) >= 11 is 6.15. The van der Waals surface area contributed by atoms with E-state index in [1.807, 2.05) is 48.5 Å². The van der Waals surface area contributed by atoms with E-state index < -0.39 is 10.0 Å². The fourth-order valence-electron chi connectivity index (χ4n) is 3.82. The molecular weight excluding hydrogens is 420 g/mol. The second kappa shape index (κ2) is 8.76. The van der Waals surface area contributed by atoms with Gasteiger partial charge in [0.2, 0.25) is 15.9 Å². The number of nitrogens with one attached hydrogen (secondary N) is 1. The van der Waals surface area contributed by atoms with Gasteiger partial charge in [-0.05, 0) is 47.4 Å². The lowest BCUT2D eigenvalue weighted by Crippen LogP contribution is -2.45. The third-order valence-corrected chi connectivity index (χ3v) is 7.75. The molecule has 0 aromatic heterocycles. The zero-order chi connectivity index (χ0) is 21.1. The van der Waals surface area contributed by atoms with Gasteiger partial charge in [0.1, 0.15) is 0 Å². The van der Waals surface area contributed by atoms with Gasteiger partial charge in [-0.15, -0.1) is 0 Å². The average molecular weight is 443 g/mol. The van der Waals surface area contributed by atoms with Crippen LogP contribution in [-0.2, 0) is 21.4 Å². The monoisotopic (exact) mass is 442 g/mol. The lowest BCUT2D eigenvalue weighted by Gasteiger charge is -2.31. The number of nitrogens with zero attached hydrogens (tertiary/aromatic N) is 1. The van der Waals surface area contributed by atoms with Crippen LogP contribution < -0.4 is 5.32 Å². The van der Waals surface area contributed by atoms with Gasteiger partial charge >= 0.3 is 0 Å². The summed E-state index contributed by atoms with van der Waals surface area (Å²) in [6.45, 7) is 0.930. The van der Waals surface area contributed by atoms with E-state index in [0.29, 0.717) is 31.0 Å². The minimum Gasteiger partial charge on any atom is -0.352 e. The number of fused-ring (bicyclic) bond motifs is 1. The quantitative estimate of drug-likeness (QED) is 0.643. The van der Waals surface area contributed by atoms with Gasteiger partial charge in [-0.2, -0.15) is 4.31 Å². The molecular formula is C23H23ClN2O3S. The zero-order valence-corrected chi connectivity index (χ0v) is 18.0. The van der Waals surface area contributed by atoms with Crippen molar-refractivity contribution in [1.29, 1.82) is 0 Å². The van der Waals surface area contributed by atoms with Crippen molar-refractivity contribution in [3.8, 4) is 0 Å². The van der Waals surface area contributed by atoms with Crippen molar-refractivity contribution in [3.63, 3.8) is 0 Å². The average Bonchev–Trinajstić information content (AvgIpc) is 2.78. The van der Waals surface area contributed by atoms with Gasteiger partial charge in [-0.1, -0.05) is 60.1 Å². The fourth-order valence-corrected chi connectivity index (χ4v) is 5.58. The van der Waals surface area contributed by atoms with Crippen molar-refractivity contribution in [2.24, 2.45) is 5.92 Å². The number of hydrogen-bond acceptors (Lipinski definition) is 3. The second-order valence-electron chi connectivity index (χ2n) is 7.52. The summed E-state index contributed by atoms with van der Waals surface area (Å²) in [5.74, 6) is -0.523. The predicted molar refractivity (Wildman–Crippen MR) is 119 cm³/mol. The van der Waals surface area contributed by atoms with Crippen molar-refractivity contribution < 1.29 is 13.2 Å². The number of carbonyl (C=O) groups excluding carboxylic acids is 1. The number of rotatable bonds is 5. The molecule has 1 aliphatic rings. The van der Waals surface area contributed by atoms with E-state index in [2.05, 4.69) is 5.32 Å². The van der Waals surface area contributed by atoms with Crippen LogP contribution >= 0.6 is 11.6 Å². The summed E-state index contributed by atoms with van der Waals surface area (Å²) in [5.41, 5.74) is 0.837. The Labute approximate surface area is 181 Å². The van der Waals surface area contributed by atoms with E-state index in [0.717, 1.165) is 16.3 Å². The maximum atomic E-state index is 13.2. The molecule has 0 bridgehead atoms. The molecule has 1 atom stereocenters. The molecule has 156 valence electrons. The molecule has 30 heavy (non-hydrogen) atoms. The van der Waals surface area contributed by atoms with Gasteiger partial charge in [0, 0.05) is 24.7 Å². The molecule has 0 unspecified atom stereocenters. The summed E-state index contributed by atoms with van der Waals surface area (Å²) in [7, 11) is -3.66. The van der Waals surface area contributed by atoms with Crippen LogP contribution in [0.25, 0.3) is 10.8 Å². The van der Waals surface area contributed by atoms with Crippen molar-refractivity contribution in [1.82, 2.24) is 9.62 Å². The highest BCUT2D eigenvalue weighted by molar-refractivity contribution is 7.89. The Bertz CT molecular complexity index is 1180. The molecule has 1 N–H and O–H groups in total. The standard InChI is InChI=1S/C23H23ClN2O3S/c24-22-10-4-3-8-19(22)15-25-23(27)20-9-5-13-26(16-20)30(28,29)21-12-11-17-6-1-2-7-18(17)14-21/h1-4,6-8,10-12,14,20H,5,9,13,15-16H2,(H,25,27)/t20-/m1/s1. The molecule has 1 heterocycles. The van der Waals surface area contributed by atoms with Crippen LogP contribution in [0.1, 0.15) is 18.4 Å². The fraction of sp³-hybridized carbons (Fsp3) is 0.261. The van der Waals surface area contributed by atoms with Gasteiger partial charge in [0.25, 0.3) is 0 Å². The molecule has 0 saturated carbocycles. The van der Waals surface area contributed by atoms with Gasteiger partial charge in [0.05, 0.1) is 10.8 Å². The number of piperidine rings is 1. The molecule has 1 saturated heterocycles. The van der Waals surface area contributed by atoms with Crippen molar-refractivity contribution >= 4 is 38.3 Å². The van der Waals surface area contributed by atoms with Gasteiger partial charge in [-0.3, -0.25) is 4.79 Å². The molecule has 1 aliphatic heterocycles. The minimum absolute atomic E-state index is 0.145. The third kappa shape index (κ3) is 4.36. The number of carbonyl (C=O) groups is 1. The molecule has 1 amide bonds. The maximum Gasteiger partial charge on any atom is 0.243 e. The van der Waals surface area contributed by atoms with Crippen LogP contribution in [0.15, 0.2) is 71.6 Å². The van der Waals surface area contributed by atoms with E-state index in [9.17, 15) is 13.2 Å². The number of halogens is 1. The third-order valence-electron chi connectivity index (χ3n) is 5.52. The molecule has 0 aliphatic carbocycles. The van der Waals surface area contributed by atoms with E-state index in [1.165, 1.54) is 4.31 Å².